The molecule has 2 heteroatoms. The van der Waals surface area contributed by atoms with Crippen molar-refractivity contribution in [3.05, 3.63) is 34.4 Å². The molecule has 0 saturated heterocycles. The van der Waals surface area contributed by atoms with E-state index < -0.39 is 0 Å². The van der Waals surface area contributed by atoms with E-state index in [1.54, 1.807) is 0 Å². The first kappa shape index (κ1) is 20.7. The molecule has 0 aliphatic rings. The first-order chi connectivity index (χ1) is 11.0. The molecule has 0 saturated carbocycles. The lowest BCUT2D eigenvalue weighted by atomic mass is 9.87. The van der Waals surface area contributed by atoms with E-state index >= 15 is 0 Å². The van der Waals surface area contributed by atoms with Gasteiger partial charge < -0.3 is 4.74 Å². The van der Waals surface area contributed by atoms with Crippen molar-refractivity contribution in [1.82, 2.24) is 0 Å². The second-order valence-electron chi connectivity index (χ2n) is 8.95. The molecule has 24 heavy (non-hydrogen) atoms. The maximum Gasteiger partial charge on any atom is 0.293 e. The molecule has 0 aromatic heterocycles. The fourth-order valence-corrected chi connectivity index (χ4v) is 3.19. The van der Waals surface area contributed by atoms with Gasteiger partial charge in [0, 0.05) is 0 Å². The Morgan fingerprint density at radius 1 is 0.875 bits per heavy atom. The van der Waals surface area contributed by atoms with Crippen LogP contribution in [0.25, 0.3) is 0 Å². The van der Waals surface area contributed by atoms with Gasteiger partial charge >= 0.3 is 0 Å². The van der Waals surface area contributed by atoms with Gasteiger partial charge in [0.15, 0.2) is 0 Å². The molecule has 1 rings (SSSR count). The summed E-state index contributed by atoms with van der Waals surface area (Å²) in [5.41, 5.74) is 5.76. The Morgan fingerprint density at radius 3 is 1.83 bits per heavy atom. The van der Waals surface area contributed by atoms with Crippen molar-refractivity contribution >= 4 is 6.47 Å². The van der Waals surface area contributed by atoms with Gasteiger partial charge in [-0.1, -0.05) is 32.9 Å². The summed E-state index contributed by atoms with van der Waals surface area (Å²) >= 11 is 0. The van der Waals surface area contributed by atoms with Crippen LogP contribution in [-0.4, -0.2) is 12.1 Å². The summed E-state index contributed by atoms with van der Waals surface area (Å²) < 4.78 is 5.14. The molecular formula is C22H36O2. The topological polar surface area (TPSA) is 26.3 Å². The first-order valence-electron chi connectivity index (χ1n) is 9.24. The highest BCUT2D eigenvalue weighted by Crippen LogP contribution is 2.25. The quantitative estimate of drug-likeness (QED) is 0.523. The highest BCUT2D eigenvalue weighted by molar-refractivity contribution is 5.38. The van der Waals surface area contributed by atoms with Crippen LogP contribution in [0, 0.1) is 19.3 Å². The fourth-order valence-electron chi connectivity index (χ4n) is 3.19. The minimum absolute atomic E-state index is 0.365. The summed E-state index contributed by atoms with van der Waals surface area (Å²) in [5, 5.41) is 0. The van der Waals surface area contributed by atoms with Crippen LogP contribution in [0.3, 0.4) is 0 Å². The SMILES string of the molecule is Cc1cc(C)c(CCCC(C)(C)OC=O)cc1CCCC(C)(C)C. The summed E-state index contributed by atoms with van der Waals surface area (Å²) in [7, 11) is 0. The van der Waals surface area contributed by atoms with Gasteiger partial charge in [0.25, 0.3) is 6.47 Å². The highest BCUT2D eigenvalue weighted by Gasteiger charge is 2.18. The minimum atomic E-state index is -0.365. The Kier molecular flexibility index (Phi) is 7.51. The number of carbonyl (C=O) groups excluding carboxylic acids is 1. The molecule has 1 aromatic rings. The third-order valence-corrected chi connectivity index (χ3v) is 4.76. The number of aryl methyl sites for hydroxylation is 4. The molecule has 0 spiro atoms. The maximum atomic E-state index is 10.5. The Balaban J connectivity index is 2.67. The van der Waals surface area contributed by atoms with E-state index in [0.717, 1.165) is 25.7 Å². The summed E-state index contributed by atoms with van der Waals surface area (Å²) in [6.45, 7) is 15.9. The normalized spacial score (nSPS) is 12.3. The highest BCUT2D eigenvalue weighted by atomic mass is 16.5. The van der Waals surface area contributed by atoms with E-state index in [-0.39, 0.29) is 5.60 Å². The van der Waals surface area contributed by atoms with Gasteiger partial charge in [-0.05, 0) is 93.9 Å². The van der Waals surface area contributed by atoms with Gasteiger partial charge in [-0.25, -0.2) is 0 Å². The van der Waals surface area contributed by atoms with Crippen molar-refractivity contribution < 1.29 is 9.53 Å². The Hall–Kier alpha value is -1.31. The molecule has 0 fully saturated rings. The second kappa shape index (κ2) is 8.69. The predicted octanol–water partition coefficient (Wildman–Crippen LogP) is 5.95. The summed E-state index contributed by atoms with van der Waals surface area (Å²) in [5.74, 6) is 0. The van der Waals surface area contributed by atoms with Crippen LogP contribution in [0.2, 0.25) is 0 Å². The number of rotatable bonds is 9. The smallest absolute Gasteiger partial charge is 0.293 e. The summed E-state index contributed by atoms with van der Waals surface area (Å²) in [6.07, 6.45) is 6.63. The van der Waals surface area contributed by atoms with Crippen LogP contribution >= 0.6 is 0 Å². The summed E-state index contributed by atoms with van der Waals surface area (Å²) in [4.78, 5) is 10.5. The first-order valence-corrected chi connectivity index (χ1v) is 9.24. The number of hydrogen-bond donors (Lipinski definition) is 0. The van der Waals surface area contributed by atoms with Crippen molar-refractivity contribution in [2.75, 3.05) is 0 Å². The molecule has 0 amide bonds. The molecule has 0 aliphatic heterocycles. The number of carbonyl (C=O) groups is 1. The third kappa shape index (κ3) is 7.51. The van der Waals surface area contributed by atoms with E-state index in [1.807, 2.05) is 13.8 Å². The maximum absolute atomic E-state index is 10.5. The summed E-state index contributed by atoms with van der Waals surface area (Å²) in [6, 6.07) is 4.73. The Bertz CT molecular complexity index is 536. The zero-order valence-corrected chi connectivity index (χ0v) is 16.8. The average molecular weight is 333 g/mol. The monoisotopic (exact) mass is 332 g/mol. The molecule has 1 aromatic carbocycles. The molecule has 0 unspecified atom stereocenters. The molecular weight excluding hydrogens is 296 g/mol. The molecule has 0 bridgehead atoms. The van der Waals surface area contributed by atoms with Crippen LogP contribution in [0.15, 0.2) is 12.1 Å². The molecule has 0 N–H and O–H groups in total. The molecule has 0 aliphatic carbocycles. The Labute approximate surface area is 149 Å². The fraction of sp³-hybridized carbons (Fsp3) is 0.682. The van der Waals surface area contributed by atoms with E-state index in [2.05, 4.69) is 46.8 Å². The predicted molar refractivity (Wildman–Crippen MR) is 102 cm³/mol. The largest absolute Gasteiger partial charge is 0.462 e. The number of ether oxygens (including phenoxy) is 1. The van der Waals surface area contributed by atoms with Gasteiger partial charge in [0.2, 0.25) is 0 Å². The van der Waals surface area contributed by atoms with Crippen LogP contribution in [0.1, 0.15) is 82.6 Å². The lowest BCUT2D eigenvalue weighted by Gasteiger charge is -2.22. The van der Waals surface area contributed by atoms with E-state index in [9.17, 15) is 4.79 Å². The van der Waals surface area contributed by atoms with Crippen molar-refractivity contribution in [3.8, 4) is 0 Å². The molecule has 2 nitrogen and oxygen atoms in total. The van der Waals surface area contributed by atoms with Gasteiger partial charge in [-0.3, -0.25) is 4.79 Å². The van der Waals surface area contributed by atoms with Crippen molar-refractivity contribution in [2.24, 2.45) is 5.41 Å². The third-order valence-electron chi connectivity index (χ3n) is 4.76. The Morgan fingerprint density at radius 2 is 1.38 bits per heavy atom. The zero-order chi connectivity index (χ0) is 18.4. The van der Waals surface area contributed by atoms with Crippen LogP contribution < -0.4 is 0 Å². The average Bonchev–Trinajstić information content (AvgIpc) is 2.41. The zero-order valence-electron chi connectivity index (χ0n) is 16.8. The second-order valence-corrected chi connectivity index (χ2v) is 8.95. The minimum Gasteiger partial charge on any atom is -0.462 e. The molecule has 0 atom stereocenters. The van der Waals surface area contributed by atoms with Gasteiger partial charge in [-0.2, -0.15) is 0 Å². The molecule has 0 radical (unpaired) electrons. The van der Waals surface area contributed by atoms with Crippen molar-refractivity contribution in [1.29, 1.82) is 0 Å². The standard InChI is InChI=1S/C22H36O2/c1-17-14-18(2)20(11-9-13-22(6,7)24-16-23)15-19(17)10-8-12-21(3,4)5/h14-16H,8-13H2,1-7H3. The lowest BCUT2D eigenvalue weighted by molar-refractivity contribution is -0.140. The van der Waals surface area contributed by atoms with E-state index in [1.165, 1.54) is 35.1 Å². The number of benzene rings is 1. The van der Waals surface area contributed by atoms with E-state index in [4.69, 9.17) is 4.74 Å². The lowest BCUT2D eigenvalue weighted by Crippen LogP contribution is -2.23. The van der Waals surface area contributed by atoms with Crippen molar-refractivity contribution in [3.63, 3.8) is 0 Å². The van der Waals surface area contributed by atoms with Gasteiger partial charge in [0.1, 0.15) is 5.60 Å². The van der Waals surface area contributed by atoms with Gasteiger partial charge in [-0.15, -0.1) is 0 Å². The van der Waals surface area contributed by atoms with Crippen LogP contribution in [0.5, 0.6) is 0 Å². The molecule has 136 valence electrons. The van der Waals surface area contributed by atoms with Gasteiger partial charge in [0.05, 0.1) is 0 Å². The van der Waals surface area contributed by atoms with E-state index in [0.29, 0.717) is 11.9 Å². The van der Waals surface area contributed by atoms with Crippen LogP contribution in [0.4, 0.5) is 0 Å². The van der Waals surface area contributed by atoms with Crippen molar-refractivity contribution in [2.45, 2.75) is 92.6 Å². The number of hydrogen-bond acceptors (Lipinski definition) is 2. The molecule has 0 heterocycles. The van der Waals surface area contributed by atoms with Crippen LogP contribution in [-0.2, 0) is 22.4 Å².